The number of hydrogen-bond donors (Lipinski definition) is 2. The molecule has 2 N–H and O–H groups in total. The van der Waals surface area contributed by atoms with Crippen molar-refractivity contribution in [3.05, 3.63) is 100 Å². The van der Waals surface area contributed by atoms with Gasteiger partial charge in [0, 0.05) is 38.2 Å². The summed E-state index contributed by atoms with van der Waals surface area (Å²) in [4.78, 5) is 36.9. The molecule has 0 radical (unpaired) electrons. The standard InChI is InChI=1S/C46H64O8/c1-12-17-41(50)52-31-36(24-25-40-42(6,7)28-38(53-35(5)47)29-44(40,10)51)23-16-21-33(3)19-14-13-18-32(2)20-15-22-34(4)39(49)30-46-43(8,9)26-37(48)27-45(46,11)54-46/h13-16,18-24,37-38,48,51H,12,17,26-31H2,1-11H3/b14-13+,20-15+,21-16+,32-18+,33-19+,34-22+,36-23-/t25?,37-,38-,44+,45+,46-/m0/s1. The number of Topliss-reactive ketones (excluding diaryl/α,β-unsaturated/α-hetero) is 1. The zero-order valence-electron chi connectivity index (χ0n) is 34.5. The van der Waals surface area contributed by atoms with E-state index in [-0.39, 0.29) is 42.3 Å². The predicted octanol–water partition coefficient (Wildman–Crippen LogP) is 9.02. The molecule has 8 nitrogen and oxygen atoms in total. The molecule has 0 amide bonds. The van der Waals surface area contributed by atoms with Crippen LogP contribution in [0.5, 0.6) is 0 Å². The van der Waals surface area contributed by atoms with Crippen LogP contribution in [-0.4, -0.2) is 63.6 Å². The number of fused-ring (bicyclic) bond motifs is 1. The summed E-state index contributed by atoms with van der Waals surface area (Å²) in [6.45, 7) is 21.1. The maximum absolute atomic E-state index is 13.1. The highest BCUT2D eigenvalue weighted by Crippen LogP contribution is 2.67. The third-order valence-corrected chi connectivity index (χ3v) is 10.9. The quantitative estimate of drug-likeness (QED) is 0.0560. The fourth-order valence-corrected chi connectivity index (χ4v) is 8.24. The lowest BCUT2D eigenvalue weighted by Gasteiger charge is -2.44. The van der Waals surface area contributed by atoms with Gasteiger partial charge in [-0.3, -0.25) is 14.4 Å². The number of aliphatic hydroxyl groups is 2. The average molecular weight is 745 g/mol. The molecule has 0 aromatic rings. The largest absolute Gasteiger partial charge is 0.462 e. The Morgan fingerprint density at radius 1 is 0.852 bits per heavy atom. The molecule has 54 heavy (non-hydrogen) atoms. The van der Waals surface area contributed by atoms with Crippen LogP contribution in [0.4, 0.5) is 0 Å². The van der Waals surface area contributed by atoms with Crippen LogP contribution >= 0.6 is 0 Å². The molecule has 1 heterocycles. The Labute approximate surface area is 323 Å². The number of carbonyl (C=O) groups excluding carboxylic acids is 3. The Balaban J connectivity index is 1.66. The molecule has 8 heteroatoms. The number of carbonyl (C=O) groups is 3. The van der Waals surface area contributed by atoms with Crippen molar-refractivity contribution in [1.82, 2.24) is 0 Å². The zero-order chi connectivity index (χ0) is 40.5. The van der Waals surface area contributed by atoms with E-state index in [0.29, 0.717) is 55.2 Å². The summed E-state index contributed by atoms with van der Waals surface area (Å²) >= 11 is 0. The fraction of sp³-hybridized carbons (Fsp3) is 0.565. The van der Waals surface area contributed by atoms with Gasteiger partial charge in [-0.05, 0) is 81.9 Å². The first-order valence-corrected chi connectivity index (χ1v) is 19.2. The molecule has 0 bridgehead atoms. The van der Waals surface area contributed by atoms with Gasteiger partial charge >= 0.3 is 11.9 Å². The van der Waals surface area contributed by atoms with E-state index in [1.54, 1.807) is 13.0 Å². The predicted molar refractivity (Wildman–Crippen MR) is 214 cm³/mol. The molecule has 3 rings (SSSR count). The Bertz CT molecular complexity index is 1680. The van der Waals surface area contributed by atoms with Gasteiger partial charge in [0.2, 0.25) is 0 Å². The van der Waals surface area contributed by atoms with Crippen LogP contribution in [0.15, 0.2) is 100 Å². The van der Waals surface area contributed by atoms with Gasteiger partial charge in [-0.2, -0.15) is 0 Å². The topological polar surface area (TPSA) is 123 Å². The first-order valence-electron chi connectivity index (χ1n) is 19.2. The summed E-state index contributed by atoms with van der Waals surface area (Å²) < 4.78 is 17.1. The summed E-state index contributed by atoms with van der Waals surface area (Å²) in [6.07, 6.45) is 23.6. The van der Waals surface area contributed by atoms with E-state index in [9.17, 15) is 24.6 Å². The van der Waals surface area contributed by atoms with Crippen molar-refractivity contribution in [2.75, 3.05) is 6.61 Å². The van der Waals surface area contributed by atoms with Gasteiger partial charge in [0.1, 0.15) is 18.3 Å². The molecule has 0 aromatic carbocycles. The van der Waals surface area contributed by atoms with Crippen LogP contribution in [0.25, 0.3) is 0 Å². The SMILES string of the molecule is CCCC(=O)OC\C(C=C=C1C(C)(C)C[C@H](OC(C)=O)C[C@@]1(C)O)=C/C=C/C(C)=C/C=C/C=C(C)/C=C/C=C(\C)C(=O)C[C@@]12O[C@]1(C)C[C@@H](O)CC2(C)C. The van der Waals surface area contributed by atoms with Gasteiger partial charge in [0.05, 0.1) is 17.3 Å². The van der Waals surface area contributed by atoms with Gasteiger partial charge in [-0.15, -0.1) is 5.73 Å². The number of hydrogen-bond acceptors (Lipinski definition) is 8. The fourth-order valence-electron chi connectivity index (χ4n) is 8.24. The average Bonchev–Trinajstić information content (AvgIpc) is 3.64. The Morgan fingerprint density at radius 2 is 1.46 bits per heavy atom. The molecule has 0 unspecified atom stereocenters. The lowest BCUT2D eigenvalue weighted by atomic mass is 9.61. The van der Waals surface area contributed by atoms with E-state index < -0.39 is 28.3 Å². The first kappa shape index (κ1) is 44.6. The summed E-state index contributed by atoms with van der Waals surface area (Å²) in [7, 11) is 0. The van der Waals surface area contributed by atoms with E-state index in [0.717, 1.165) is 11.1 Å². The molecule has 3 fully saturated rings. The third kappa shape index (κ3) is 11.8. The molecule has 296 valence electrons. The molecular weight excluding hydrogens is 680 g/mol. The van der Waals surface area contributed by atoms with Crippen molar-refractivity contribution in [2.45, 2.75) is 150 Å². The molecule has 2 saturated carbocycles. The summed E-state index contributed by atoms with van der Waals surface area (Å²) in [6, 6.07) is 0. The smallest absolute Gasteiger partial charge is 0.306 e. The molecule has 2 aliphatic carbocycles. The summed E-state index contributed by atoms with van der Waals surface area (Å²) in [5, 5.41) is 21.6. The highest BCUT2D eigenvalue weighted by Gasteiger charge is 2.76. The Morgan fingerprint density at radius 3 is 2.02 bits per heavy atom. The molecule has 0 spiro atoms. The van der Waals surface area contributed by atoms with Gasteiger partial charge in [0.15, 0.2) is 5.78 Å². The van der Waals surface area contributed by atoms with Crippen molar-refractivity contribution in [3.63, 3.8) is 0 Å². The van der Waals surface area contributed by atoms with Crippen LogP contribution in [-0.2, 0) is 28.6 Å². The van der Waals surface area contributed by atoms with Gasteiger partial charge in [-0.25, -0.2) is 0 Å². The van der Waals surface area contributed by atoms with E-state index in [2.05, 4.69) is 19.6 Å². The number of allylic oxidation sites excluding steroid dienone is 13. The molecule has 1 saturated heterocycles. The second-order valence-corrected chi connectivity index (χ2v) is 17.1. The van der Waals surface area contributed by atoms with Gasteiger partial charge in [-0.1, -0.05) is 107 Å². The molecule has 5 atom stereocenters. The molecule has 1 aliphatic heterocycles. The van der Waals surface area contributed by atoms with E-state index in [1.165, 1.54) is 6.92 Å². The number of ketones is 1. The van der Waals surface area contributed by atoms with Crippen molar-refractivity contribution in [2.24, 2.45) is 10.8 Å². The van der Waals surface area contributed by atoms with Crippen LogP contribution < -0.4 is 0 Å². The minimum Gasteiger partial charge on any atom is -0.462 e. The second-order valence-electron chi connectivity index (χ2n) is 17.1. The lowest BCUT2D eigenvalue weighted by molar-refractivity contribution is -0.152. The minimum absolute atomic E-state index is 0.0626. The highest BCUT2D eigenvalue weighted by molar-refractivity contribution is 5.96. The second kappa shape index (κ2) is 18.2. The Hall–Kier alpha value is -3.81. The summed E-state index contributed by atoms with van der Waals surface area (Å²) in [5.41, 5.74) is 4.47. The monoisotopic (exact) mass is 744 g/mol. The van der Waals surface area contributed by atoms with E-state index >= 15 is 0 Å². The van der Waals surface area contributed by atoms with Crippen molar-refractivity contribution < 1.29 is 38.8 Å². The highest BCUT2D eigenvalue weighted by atomic mass is 16.6. The zero-order valence-corrected chi connectivity index (χ0v) is 34.5. The maximum Gasteiger partial charge on any atom is 0.306 e. The van der Waals surface area contributed by atoms with Crippen molar-refractivity contribution in [1.29, 1.82) is 0 Å². The van der Waals surface area contributed by atoms with Gasteiger partial charge < -0.3 is 24.4 Å². The van der Waals surface area contributed by atoms with Crippen LogP contribution in [0.3, 0.4) is 0 Å². The number of aliphatic hydroxyl groups excluding tert-OH is 1. The van der Waals surface area contributed by atoms with Crippen LogP contribution in [0.1, 0.15) is 121 Å². The number of ether oxygens (including phenoxy) is 3. The van der Waals surface area contributed by atoms with E-state index in [4.69, 9.17) is 14.2 Å². The Kier molecular flexibility index (Phi) is 15.0. The molecule has 3 aliphatic rings. The minimum atomic E-state index is -1.23. The number of esters is 2. The normalized spacial score (nSPS) is 30.0. The lowest BCUT2D eigenvalue weighted by Crippen LogP contribution is -2.48. The first-order chi connectivity index (χ1) is 25.1. The van der Waals surface area contributed by atoms with Crippen LogP contribution in [0, 0.1) is 10.8 Å². The molecule has 0 aromatic heterocycles. The number of epoxide rings is 1. The van der Waals surface area contributed by atoms with Crippen LogP contribution in [0.2, 0.25) is 0 Å². The maximum atomic E-state index is 13.1. The van der Waals surface area contributed by atoms with E-state index in [1.807, 2.05) is 109 Å². The third-order valence-electron chi connectivity index (χ3n) is 10.9. The van der Waals surface area contributed by atoms with Gasteiger partial charge in [0.25, 0.3) is 0 Å². The number of rotatable bonds is 15. The summed E-state index contributed by atoms with van der Waals surface area (Å²) in [5.74, 6) is -0.580. The van der Waals surface area contributed by atoms with Crippen molar-refractivity contribution >= 4 is 17.7 Å². The van der Waals surface area contributed by atoms with Crippen molar-refractivity contribution in [3.8, 4) is 0 Å². The molecular formula is C46H64O8.